The molecule has 0 aliphatic carbocycles. The first-order valence-corrected chi connectivity index (χ1v) is 6.96. The number of amides is 1. The molecule has 0 radical (unpaired) electrons. The molecule has 1 amide bonds. The third-order valence-corrected chi connectivity index (χ3v) is 3.03. The molecule has 0 fully saturated rings. The average Bonchev–Trinajstić information content (AvgIpc) is 3.09. The van der Waals surface area contributed by atoms with Crippen LogP contribution in [0, 0.1) is 11.6 Å². The Morgan fingerprint density at radius 2 is 2.08 bits per heavy atom. The molecule has 0 bridgehead atoms. The van der Waals surface area contributed by atoms with Crippen LogP contribution in [0.1, 0.15) is 0 Å². The van der Waals surface area contributed by atoms with Gasteiger partial charge in [-0.2, -0.15) is 5.10 Å². The average molecular weight is 330 g/mol. The van der Waals surface area contributed by atoms with Crippen molar-refractivity contribution in [3.05, 3.63) is 66.6 Å². The fraction of sp³-hybridized carbons (Fsp3) is 0.0625. The largest absolute Gasteiger partial charge is 0.481 e. The molecule has 0 spiro atoms. The zero-order chi connectivity index (χ0) is 16.9. The molecule has 3 rings (SSSR count). The van der Waals surface area contributed by atoms with E-state index in [-0.39, 0.29) is 5.75 Å². The van der Waals surface area contributed by atoms with E-state index in [2.05, 4.69) is 15.4 Å². The van der Waals surface area contributed by atoms with Crippen molar-refractivity contribution in [2.75, 3.05) is 11.9 Å². The second-order valence-corrected chi connectivity index (χ2v) is 4.74. The van der Waals surface area contributed by atoms with E-state index < -0.39 is 24.1 Å². The lowest BCUT2D eigenvalue weighted by Crippen LogP contribution is -2.21. The summed E-state index contributed by atoms with van der Waals surface area (Å²) >= 11 is 0. The highest BCUT2D eigenvalue weighted by Crippen LogP contribution is 2.18. The van der Waals surface area contributed by atoms with Gasteiger partial charge in [0.2, 0.25) is 0 Å². The Bertz CT molecular complexity index is 853. The lowest BCUT2D eigenvalue weighted by molar-refractivity contribution is -0.118. The minimum Gasteiger partial charge on any atom is -0.481 e. The van der Waals surface area contributed by atoms with Gasteiger partial charge in [-0.15, -0.1) is 0 Å². The number of halogens is 2. The van der Waals surface area contributed by atoms with Gasteiger partial charge in [0.1, 0.15) is 5.82 Å². The van der Waals surface area contributed by atoms with Crippen LogP contribution >= 0.6 is 0 Å². The predicted molar refractivity (Wildman–Crippen MR) is 81.8 cm³/mol. The Morgan fingerprint density at radius 3 is 2.83 bits per heavy atom. The summed E-state index contributed by atoms with van der Waals surface area (Å²) in [6.07, 6.45) is 4.83. The van der Waals surface area contributed by atoms with Crippen LogP contribution in [-0.4, -0.2) is 27.3 Å². The van der Waals surface area contributed by atoms with Crippen LogP contribution in [-0.2, 0) is 4.79 Å². The minimum atomic E-state index is -0.874. The molecule has 0 aliphatic heterocycles. The monoisotopic (exact) mass is 330 g/mol. The van der Waals surface area contributed by atoms with Crippen molar-refractivity contribution in [2.45, 2.75) is 0 Å². The van der Waals surface area contributed by atoms with Gasteiger partial charge in [-0.25, -0.2) is 18.4 Å². The Morgan fingerprint density at radius 1 is 1.21 bits per heavy atom. The van der Waals surface area contributed by atoms with Crippen LogP contribution < -0.4 is 10.1 Å². The summed E-state index contributed by atoms with van der Waals surface area (Å²) in [4.78, 5) is 16.2. The SMILES string of the molecule is O=C(COc1ccc(F)cc1F)Nc1cccnc1-n1cccn1. The molecule has 0 aliphatic rings. The molecule has 3 aromatic rings. The van der Waals surface area contributed by atoms with Gasteiger partial charge in [0.05, 0.1) is 5.69 Å². The number of benzene rings is 1. The van der Waals surface area contributed by atoms with Crippen LogP contribution in [0.15, 0.2) is 55.0 Å². The Labute approximate surface area is 135 Å². The Balaban J connectivity index is 1.67. The number of aromatic nitrogens is 3. The normalized spacial score (nSPS) is 10.4. The van der Waals surface area contributed by atoms with Gasteiger partial charge in [-0.05, 0) is 30.3 Å². The molecule has 24 heavy (non-hydrogen) atoms. The minimum absolute atomic E-state index is 0.204. The molecule has 1 N–H and O–H groups in total. The summed E-state index contributed by atoms with van der Waals surface area (Å²) < 4.78 is 32.8. The van der Waals surface area contributed by atoms with Crippen LogP contribution in [0.4, 0.5) is 14.5 Å². The summed E-state index contributed by atoms with van der Waals surface area (Å²) in [6, 6.07) is 7.89. The molecule has 0 atom stereocenters. The van der Waals surface area contributed by atoms with Crippen molar-refractivity contribution < 1.29 is 18.3 Å². The predicted octanol–water partition coefficient (Wildman–Crippen LogP) is 2.56. The number of rotatable bonds is 5. The number of hydrogen-bond donors (Lipinski definition) is 1. The van der Waals surface area contributed by atoms with E-state index in [0.29, 0.717) is 17.6 Å². The molecule has 2 aromatic heterocycles. The smallest absolute Gasteiger partial charge is 0.262 e. The molecule has 8 heteroatoms. The number of ether oxygens (including phenoxy) is 1. The number of carbonyl (C=O) groups excluding carboxylic acids is 1. The second-order valence-electron chi connectivity index (χ2n) is 4.74. The third kappa shape index (κ3) is 3.54. The number of carbonyl (C=O) groups is 1. The number of nitrogens with one attached hydrogen (secondary N) is 1. The highest BCUT2D eigenvalue weighted by Gasteiger charge is 2.12. The van der Waals surface area contributed by atoms with Gasteiger partial charge >= 0.3 is 0 Å². The van der Waals surface area contributed by atoms with Crippen molar-refractivity contribution in [2.24, 2.45) is 0 Å². The molecule has 0 unspecified atom stereocenters. The maximum Gasteiger partial charge on any atom is 0.262 e. The van der Waals surface area contributed by atoms with Crippen molar-refractivity contribution in [3.63, 3.8) is 0 Å². The van der Waals surface area contributed by atoms with Crippen molar-refractivity contribution >= 4 is 11.6 Å². The maximum atomic E-state index is 13.5. The zero-order valence-electron chi connectivity index (χ0n) is 12.3. The van der Waals surface area contributed by atoms with E-state index in [1.807, 2.05) is 0 Å². The molecule has 0 saturated heterocycles. The number of anilines is 1. The summed E-state index contributed by atoms with van der Waals surface area (Å²) in [5, 5.41) is 6.67. The summed E-state index contributed by atoms with van der Waals surface area (Å²) in [6.45, 7) is -0.435. The first kappa shape index (κ1) is 15.6. The third-order valence-electron chi connectivity index (χ3n) is 3.03. The van der Waals surface area contributed by atoms with E-state index in [0.717, 1.165) is 12.1 Å². The number of pyridine rings is 1. The van der Waals surface area contributed by atoms with E-state index >= 15 is 0 Å². The van der Waals surface area contributed by atoms with Gasteiger partial charge in [0, 0.05) is 24.7 Å². The molecule has 0 saturated carbocycles. The van der Waals surface area contributed by atoms with Gasteiger partial charge in [0.25, 0.3) is 5.91 Å². The van der Waals surface area contributed by atoms with Crippen molar-refractivity contribution in [1.29, 1.82) is 0 Å². The van der Waals surface area contributed by atoms with E-state index in [1.165, 1.54) is 4.68 Å². The molecular weight excluding hydrogens is 318 g/mol. The maximum absolute atomic E-state index is 13.5. The van der Waals surface area contributed by atoms with Crippen LogP contribution in [0.5, 0.6) is 5.75 Å². The van der Waals surface area contributed by atoms with Gasteiger partial charge in [0.15, 0.2) is 24.0 Å². The lowest BCUT2D eigenvalue weighted by Gasteiger charge is -2.11. The highest BCUT2D eigenvalue weighted by atomic mass is 19.1. The Kier molecular flexibility index (Phi) is 4.46. The molecular formula is C16H12F2N4O2. The number of nitrogens with zero attached hydrogens (tertiary/aromatic N) is 3. The van der Waals surface area contributed by atoms with E-state index in [4.69, 9.17) is 4.74 Å². The molecule has 6 nitrogen and oxygen atoms in total. The lowest BCUT2D eigenvalue weighted by atomic mass is 10.3. The van der Waals surface area contributed by atoms with E-state index in [9.17, 15) is 13.6 Å². The summed E-state index contributed by atoms with van der Waals surface area (Å²) in [7, 11) is 0. The fourth-order valence-electron chi connectivity index (χ4n) is 1.99. The van der Waals surface area contributed by atoms with Gasteiger partial charge in [-0.3, -0.25) is 4.79 Å². The van der Waals surface area contributed by atoms with Crippen LogP contribution in [0.3, 0.4) is 0 Å². The first-order valence-electron chi connectivity index (χ1n) is 6.96. The van der Waals surface area contributed by atoms with Gasteiger partial charge in [-0.1, -0.05) is 0 Å². The topological polar surface area (TPSA) is 69.0 Å². The van der Waals surface area contributed by atoms with Crippen molar-refractivity contribution in [1.82, 2.24) is 14.8 Å². The number of hydrogen-bond acceptors (Lipinski definition) is 4. The van der Waals surface area contributed by atoms with Crippen LogP contribution in [0.25, 0.3) is 5.82 Å². The highest BCUT2D eigenvalue weighted by molar-refractivity contribution is 5.93. The van der Waals surface area contributed by atoms with Gasteiger partial charge < -0.3 is 10.1 Å². The molecule has 2 heterocycles. The van der Waals surface area contributed by atoms with Crippen LogP contribution in [0.2, 0.25) is 0 Å². The summed E-state index contributed by atoms with van der Waals surface area (Å²) in [5.74, 6) is -1.88. The fourth-order valence-corrected chi connectivity index (χ4v) is 1.99. The van der Waals surface area contributed by atoms with Crippen molar-refractivity contribution in [3.8, 4) is 11.6 Å². The first-order chi connectivity index (χ1) is 11.6. The standard InChI is InChI=1S/C16H12F2N4O2/c17-11-4-5-14(12(18)9-11)24-10-15(23)21-13-3-1-6-19-16(13)22-8-2-7-20-22/h1-9H,10H2,(H,21,23). The summed E-state index contributed by atoms with van der Waals surface area (Å²) in [5.41, 5.74) is 0.425. The Hall–Kier alpha value is -3.29. The molecule has 122 valence electrons. The zero-order valence-corrected chi connectivity index (χ0v) is 12.3. The second kappa shape index (κ2) is 6.86. The molecule has 1 aromatic carbocycles. The van der Waals surface area contributed by atoms with E-state index in [1.54, 1.807) is 36.8 Å². The quantitative estimate of drug-likeness (QED) is 0.781.